The van der Waals surface area contributed by atoms with Crippen LogP contribution >= 0.6 is 0 Å². The molecule has 1 rings (SSSR count). The summed E-state index contributed by atoms with van der Waals surface area (Å²) in [5.74, 6) is 2.72. The van der Waals surface area contributed by atoms with Crippen molar-refractivity contribution in [3.05, 3.63) is 12.4 Å². The van der Waals surface area contributed by atoms with Crippen molar-refractivity contribution < 1.29 is 9.59 Å². The molecule has 68 valence electrons. The molecule has 0 fully saturated rings. The lowest BCUT2D eigenvalue weighted by atomic mass is 10.6. The second-order valence-corrected chi connectivity index (χ2v) is 1.89. The predicted octanol–water partition coefficient (Wildman–Crippen LogP) is -2.20. The van der Waals surface area contributed by atoms with Crippen molar-refractivity contribution in [3.8, 4) is 0 Å². The summed E-state index contributed by atoms with van der Waals surface area (Å²) in [5.41, 5.74) is 1.66. The maximum atomic E-state index is 10.8. The van der Waals surface area contributed by atoms with E-state index >= 15 is 0 Å². The molecule has 0 radical (unpaired) electrons. The summed E-state index contributed by atoms with van der Waals surface area (Å²) in [6, 6.07) is 0. The number of amides is 2. The van der Waals surface area contributed by atoms with Crippen molar-refractivity contribution in [1.29, 1.82) is 0 Å². The van der Waals surface area contributed by atoms with Crippen molar-refractivity contribution in [3.63, 3.8) is 0 Å². The third-order valence-corrected chi connectivity index (χ3v) is 1.05. The number of hydrogen-bond donors (Lipinski definition) is 3. The first kappa shape index (κ1) is 9.00. The van der Waals surface area contributed by atoms with Gasteiger partial charge >= 0.3 is 11.8 Å². The Morgan fingerprint density at radius 2 is 2.08 bits per heavy atom. The van der Waals surface area contributed by atoms with Gasteiger partial charge in [0.2, 0.25) is 5.95 Å². The van der Waals surface area contributed by atoms with Crippen molar-refractivity contribution >= 4 is 17.8 Å². The Morgan fingerprint density at radius 1 is 1.31 bits per heavy atom. The molecule has 8 nitrogen and oxygen atoms in total. The Bertz CT molecular complexity index is 312. The highest BCUT2D eigenvalue weighted by Crippen LogP contribution is 1.90. The quantitative estimate of drug-likeness (QED) is 0.196. The first-order valence-electron chi connectivity index (χ1n) is 3.19. The van der Waals surface area contributed by atoms with E-state index in [-0.39, 0.29) is 5.95 Å². The maximum Gasteiger partial charge on any atom is 0.323 e. The zero-order chi connectivity index (χ0) is 9.68. The number of carbonyl (C=O) groups excluding carboxylic acids is 2. The summed E-state index contributed by atoms with van der Waals surface area (Å²) in [4.78, 5) is 25.0. The minimum atomic E-state index is -0.979. The fourth-order valence-corrected chi connectivity index (χ4v) is 0.529. The molecule has 0 aliphatic rings. The van der Waals surface area contributed by atoms with E-state index < -0.39 is 11.8 Å². The molecule has 0 aromatic carbocycles. The smallest absolute Gasteiger partial charge is 0.286 e. The first-order valence-corrected chi connectivity index (χ1v) is 3.19. The van der Waals surface area contributed by atoms with Gasteiger partial charge in [0.25, 0.3) is 0 Å². The topological polar surface area (TPSA) is 123 Å². The summed E-state index contributed by atoms with van der Waals surface area (Å²) in [7, 11) is 0. The van der Waals surface area contributed by atoms with Gasteiger partial charge in [-0.05, 0) is 0 Å². The van der Waals surface area contributed by atoms with Crippen LogP contribution in [-0.2, 0) is 9.59 Å². The molecule has 0 unspecified atom stereocenters. The van der Waals surface area contributed by atoms with Crippen LogP contribution in [-0.4, -0.2) is 27.0 Å². The van der Waals surface area contributed by atoms with Gasteiger partial charge in [-0.25, -0.2) is 10.8 Å². The molecule has 0 aliphatic heterocycles. The molecule has 13 heavy (non-hydrogen) atoms. The van der Waals surface area contributed by atoms with Crippen LogP contribution in [0.25, 0.3) is 0 Å². The highest BCUT2D eigenvalue weighted by atomic mass is 16.2. The highest BCUT2D eigenvalue weighted by Gasteiger charge is 2.12. The summed E-state index contributed by atoms with van der Waals surface area (Å²) >= 11 is 0. The molecule has 2 amide bonds. The zero-order valence-corrected chi connectivity index (χ0v) is 6.39. The number of nitrogens with one attached hydrogen (secondary N) is 2. The third-order valence-electron chi connectivity index (χ3n) is 1.05. The normalized spacial score (nSPS) is 9.00. The van der Waals surface area contributed by atoms with E-state index in [4.69, 9.17) is 5.84 Å². The SMILES string of the molecule is NNC(=O)C(=O)Nc1nccnn1. The molecular weight excluding hydrogens is 176 g/mol. The molecular formula is C5H6N6O2. The largest absolute Gasteiger partial charge is 0.323 e. The Labute approximate surface area is 72.5 Å². The first-order chi connectivity index (χ1) is 6.24. The van der Waals surface area contributed by atoms with Crippen LogP contribution < -0.4 is 16.6 Å². The Kier molecular flexibility index (Phi) is 2.82. The molecule has 1 aromatic rings. The number of hydrazine groups is 1. The van der Waals surface area contributed by atoms with E-state index in [0.717, 1.165) is 0 Å². The van der Waals surface area contributed by atoms with Gasteiger partial charge in [0.05, 0.1) is 12.4 Å². The second kappa shape index (κ2) is 4.07. The maximum absolute atomic E-state index is 10.8. The third kappa shape index (κ3) is 2.45. The number of hydrogen-bond acceptors (Lipinski definition) is 6. The monoisotopic (exact) mass is 182 g/mol. The van der Waals surface area contributed by atoms with Gasteiger partial charge < -0.3 is 0 Å². The summed E-state index contributed by atoms with van der Waals surface area (Å²) in [6.45, 7) is 0. The van der Waals surface area contributed by atoms with Crippen LogP contribution in [0.2, 0.25) is 0 Å². The van der Waals surface area contributed by atoms with Gasteiger partial charge in [0.15, 0.2) is 0 Å². The standard InChI is InChI=1S/C5H6N6O2/c6-10-4(13)3(12)9-5-7-1-2-8-11-5/h1-2H,6H2,(H,10,13)(H,7,9,11,12). The molecule has 0 atom stereocenters. The molecule has 8 heteroatoms. The van der Waals surface area contributed by atoms with Gasteiger partial charge in [-0.3, -0.25) is 20.3 Å². The number of nitrogens with zero attached hydrogens (tertiary/aromatic N) is 3. The van der Waals surface area contributed by atoms with E-state index in [9.17, 15) is 9.59 Å². The van der Waals surface area contributed by atoms with Crippen LogP contribution in [0.15, 0.2) is 12.4 Å². The minimum Gasteiger partial charge on any atom is -0.286 e. The van der Waals surface area contributed by atoms with Gasteiger partial charge in [0.1, 0.15) is 0 Å². The van der Waals surface area contributed by atoms with Crippen molar-refractivity contribution in [2.75, 3.05) is 5.32 Å². The lowest BCUT2D eigenvalue weighted by Crippen LogP contribution is -2.39. The molecule has 1 heterocycles. The molecule has 0 saturated carbocycles. The van der Waals surface area contributed by atoms with Crippen LogP contribution in [0.1, 0.15) is 0 Å². The van der Waals surface area contributed by atoms with Crippen LogP contribution in [0.3, 0.4) is 0 Å². The lowest BCUT2D eigenvalue weighted by Gasteiger charge is -1.99. The second-order valence-electron chi connectivity index (χ2n) is 1.89. The fourth-order valence-electron chi connectivity index (χ4n) is 0.529. The Balaban J connectivity index is 2.60. The van der Waals surface area contributed by atoms with E-state index in [1.165, 1.54) is 12.4 Å². The van der Waals surface area contributed by atoms with E-state index in [1.807, 2.05) is 0 Å². The van der Waals surface area contributed by atoms with Gasteiger partial charge in [0, 0.05) is 0 Å². The van der Waals surface area contributed by atoms with Crippen LogP contribution in [0.5, 0.6) is 0 Å². The molecule has 0 saturated heterocycles. The summed E-state index contributed by atoms with van der Waals surface area (Å²) in [6.07, 6.45) is 2.65. The molecule has 0 spiro atoms. The predicted molar refractivity (Wildman–Crippen MR) is 40.8 cm³/mol. The lowest BCUT2D eigenvalue weighted by molar-refractivity contribution is -0.136. The van der Waals surface area contributed by atoms with E-state index in [2.05, 4.69) is 20.5 Å². The number of anilines is 1. The number of carbonyl (C=O) groups is 2. The van der Waals surface area contributed by atoms with Gasteiger partial charge in [-0.2, -0.15) is 5.10 Å². The van der Waals surface area contributed by atoms with Gasteiger partial charge in [-0.15, -0.1) is 5.10 Å². The number of rotatable bonds is 1. The van der Waals surface area contributed by atoms with Crippen molar-refractivity contribution in [2.24, 2.45) is 5.84 Å². The zero-order valence-electron chi connectivity index (χ0n) is 6.39. The summed E-state index contributed by atoms with van der Waals surface area (Å²) < 4.78 is 0. The van der Waals surface area contributed by atoms with Crippen LogP contribution in [0.4, 0.5) is 5.95 Å². The van der Waals surface area contributed by atoms with E-state index in [0.29, 0.717) is 0 Å². The summed E-state index contributed by atoms with van der Waals surface area (Å²) in [5, 5.41) is 8.93. The molecule has 0 aliphatic carbocycles. The Morgan fingerprint density at radius 3 is 2.62 bits per heavy atom. The minimum absolute atomic E-state index is 0.0592. The average molecular weight is 182 g/mol. The van der Waals surface area contributed by atoms with E-state index in [1.54, 1.807) is 5.43 Å². The van der Waals surface area contributed by atoms with Crippen molar-refractivity contribution in [2.45, 2.75) is 0 Å². The number of nitrogens with two attached hydrogens (primary N) is 1. The van der Waals surface area contributed by atoms with Crippen LogP contribution in [0, 0.1) is 0 Å². The molecule has 0 bridgehead atoms. The van der Waals surface area contributed by atoms with Crippen molar-refractivity contribution in [1.82, 2.24) is 20.6 Å². The average Bonchev–Trinajstić information content (AvgIpc) is 2.18. The molecule has 1 aromatic heterocycles. The molecule has 4 N–H and O–H groups in total. The van der Waals surface area contributed by atoms with Gasteiger partial charge in [-0.1, -0.05) is 0 Å². The fraction of sp³-hybridized carbons (Fsp3) is 0. The Hall–Kier alpha value is -2.09. The highest BCUT2D eigenvalue weighted by molar-refractivity contribution is 6.39. The number of aromatic nitrogens is 3.